The Balaban J connectivity index is 2.12. The summed E-state index contributed by atoms with van der Waals surface area (Å²) in [5.41, 5.74) is 0.813. The van der Waals surface area contributed by atoms with Gasteiger partial charge in [-0.25, -0.2) is 0 Å². The molecule has 2 rings (SSSR count). The van der Waals surface area contributed by atoms with Crippen LogP contribution in [0.1, 0.15) is 30.9 Å². The van der Waals surface area contributed by atoms with E-state index in [1.807, 2.05) is 36.4 Å². The first kappa shape index (κ1) is 14.3. The Morgan fingerprint density at radius 3 is 2.60 bits per heavy atom. The third kappa shape index (κ3) is 3.48. The van der Waals surface area contributed by atoms with Gasteiger partial charge in [0.2, 0.25) is 0 Å². The van der Waals surface area contributed by atoms with Gasteiger partial charge >= 0.3 is 5.97 Å². The van der Waals surface area contributed by atoms with Gasteiger partial charge < -0.3 is 14.9 Å². The minimum Gasteiger partial charge on any atom is -0.497 e. The highest BCUT2D eigenvalue weighted by atomic mass is 16.5. The summed E-state index contributed by atoms with van der Waals surface area (Å²) in [5, 5.41) is 20.7. The molecule has 0 aliphatic rings. The van der Waals surface area contributed by atoms with Crippen molar-refractivity contribution in [3.05, 3.63) is 42.0 Å². The fraction of sp³-hybridized carbons (Fsp3) is 0.312. The summed E-state index contributed by atoms with van der Waals surface area (Å²) in [4.78, 5) is 10.5. The molecule has 106 valence electrons. The number of aliphatic hydroxyl groups excluding tert-OH is 1. The maximum absolute atomic E-state index is 10.5. The number of hydrogen-bond acceptors (Lipinski definition) is 3. The first-order valence-corrected chi connectivity index (χ1v) is 6.57. The van der Waals surface area contributed by atoms with E-state index < -0.39 is 12.1 Å². The first-order valence-electron chi connectivity index (χ1n) is 6.57. The Morgan fingerprint density at radius 2 is 1.90 bits per heavy atom. The van der Waals surface area contributed by atoms with Gasteiger partial charge in [0.1, 0.15) is 5.75 Å². The molecule has 2 aromatic rings. The molecular weight excluding hydrogens is 256 g/mol. The van der Waals surface area contributed by atoms with Crippen molar-refractivity contribution in [1.82, 2.24) is 0 Å². The monoisotopic (exact) mass is 274 g/mol. The van der Waals surface area contributed by atoms with Crippen molar-refractivity contribution in [2.24, 2.45) is 0 Å². The molecule has 0 heterocycles. The molecule has 1 unspecified atom stereocenters. The summed E-state index contributed by atoms with van der Waals surface area (Å²) < 4.78 is 5.17. The Morgan fingerprint density at radius 1 is 1.20 bits per heavy atom. The lowest BCUT2D eigenvalue weighted by atomic mass is 10.00. The van der Waals surface area contributed by atoms with Gasteiger partial charge in [0.05, 0.1) is 13.2 Å². The average molecular weight is 274 g/mol. The van der Waals surface area contributed by atoms with Gasteiger partial charge in [-0.15, -0.1) is 0 Å². The lowest BCUT2D eigenvalue weighted by Crippen LogP contribution is -2.00. The summed E-state index contributed by atoms with van der Waals surface area (Å²) in [6.07, 6.45) is 0.383. The summed E-state index contributed by atoms with van der Waals surface area (Å²) in [6, 6.07) is 11.5. The summed E-state index contributed by atoms with van der Waals surface area (Å²) in [5.74, 6) is -0.0323. The topological polar surface area (TPSA) is 66.8 Å². The van der Waals surface area contributed by atoms with E-state index in [0.717, 1.165) is 22.1 Å². The predicted octanol–water partition coefficient (Wildman–Crippen LogP) is 3.14. The molecule has 0 radical (unpaired) electrons. The molecule has 0 aromatic heterocycles. The maximum atomic E-state index is 10.5. The summed E-state index contributed by atoms with van der Waals surface area (Å²) in [6.45, 7) is 0. The molecule has 4 heteroatoms. The average Bonchev–Trinajstić information content (AvgIpc) is 2.45. The van der Waals surface area contributed by atoms with Crippen molar-refractivity contribution in [2.75, 3.05) is 7.11 Å². The highest BCUT2D eigenvalue weighted by molar-refractivity contribution is 5.84. The van der Waals surface area contributed by atoms with Crippen molar-refractivity contribution in [3.8, 4) is 5.75 Å². The molecule has 20 heavy (non-hydrogen) atoms. The maximum Gasteiger partial charge on any atom is 0.303 e. The number of hydrogen-bond donors (Lipinski definition) is 2. The fourth-order valence-electron chi connectivity index (χ4n) is 2.19. The van der Waals surface area contributed by atoms with Crippen molar-refractivity contribution in [1.29, 1.82) is 0 Å². The van der Waals surface area contributed by atoms with Crippen LogP contribution in [-0.4, -0.2) is 23.3 Å². The third-order valence-corrected chi connectivity index (χ3v) is 3.32. The van der Waals surface area contributed by atoms with Gasteiger partial charge in [0.25, 0.3) is 0 Å². The lowest BCUT2D eigenvalue weighted by molar-refractivity contribution is -0.137. The standard InChI is InChI=1S/C16H18O4/c1-20-14-8-7-11-9-13(6-5-12(11)10-14)15(17)3-2-4-16(18)19/h5-10,15,17H,2-4H2,1H3,(H,18,19). The fourth-order valence-corrected chi connectivity index (χ4v) is 2.19. The molecular formula is C16H18O4. The van der Waals surface area contributed by atoms with E-state index >= 15 is 0 Å². The molecule has 0 amide bonds. The summed E-state index contributed by atoms with van der Waals surface area (Å²) in [7, 11) is 1.63. The normalized spacial score (nSPS) is 12.3. The van der Waals surface area contributed by atoms with E-state index in [2.05, 4.69) is 0 Å². The van der Waals surface area contributed by atoms with Crippen molar-refractivity contribution in [2.45, 2.75) is 25.4 Å². The zero-order chi connectivity index (χ0) is 14.5. The molecule has 0 aliphatic heterocycles. The Bertz CT molecular complexity index is 606. The van der Waals surface area contributed by atoms with Crippen LogP contribution in [0.3, 0.4) is 0 Å². The number of fused-ring (bicyclic) bond motifs is 1. The molecule has 2 N–H and O–H groups in total. The SMILES string of the molecule is COc1ccc2cc(C(O)CCCC(=O)O)ccc2c1. The highest BCUT2D eigenvalue weighted by Crippen LogP contribution is 2.26. The van der Waals surface area contributed by atoms with Crippen LogP contribution < -0.4 is 4.74 Å². The van der Waals surface area contributed by atoms with Crippen LogP contribution in [0.5, 0.6) is 5.75 Å². The van der Waals surface area contributed by atoms with Crippen molar-refractivity contribution < 1.29 is 19.7 Å². The minimum atomic E-state index is -0.831. The zero-order valence-electron chi connectivity index (χ0n) is 11.4. The second-order valence-corrected chi connectivity index (χ2v) is 4.77. The zero-order valence-corrected chi connectivity index (χ0v) is 11.4. The number of methoxy groups -OCH3 is 1. The molecule has 0 fully saturated rings. The van der Waals surface area contributed by atoms with Gasteiger partial charge in [-0.1, -0.05) is 18.2 Å². The molecule has 0 bridgehead atoms. The van der Waals surface area contributed by atoms with E-state index in [1.165, 1.54) is 0 Å². The number of rotatable bonds is 6. The Labute approximate surface area is 117 Å². The summed E-state index contributed by atoms with van der Waals surface area (Å²) >= 11 is 0. The van der Waals surface area contributed by atoms with Crippen LogP contribution in [0.2, 0.25) is 0 Å². The van der Waals surface area contributed by atoms with E-state index in [0.29, 0.717) is 12.8 Å². The second-order valence-electron chi connectivity index (χ2n) is 4.77. The lowest BCUT2D eigenvalue weighted by Gasteiger charge is -2.11. The van der Waals surface area contributed by atoms with E-state index in [-0.39, 0.29) is 6.42 Å². The van der Waals surface area contributed by atoms with Crippen molar-refractivity contribution >= 4 is 16.7 Å². The van der Waals surface area contributed by atoms with Crippen LogP contribution >= 0.6 is 0 Å². The van der Waals surface area contributed by atoms with Crippen LogP contribution in [0.15, 0.2) is 36.4 Å². The number of benzene rings is 2. The number of ether oxygens (including phenoxy) is 1. The number of carboxylic acids is 1. The molecule has 2 aromatic carbocycles. The van der Waals surface area contributed by atoms with E-state index in [4.69, 9.17) is 9.84 Å². The number of carbonyl (C=O) groups is 1. The highest BCUT2D eigenvalue weighted by Gasteiger charge is 2.09. The molecule has 0 spiro atoms. The molecule has 0 saturated carbocycles. The third-order valence-electron chi connectivity index (χ3n) is 3.32. The number of aliphatic carboxylic acids is 1. The van der Waals surface area contributed by atoms with Crippen LogP contribution in [0, 0.1) is 0 Å². The molecule has 1 atom stereocenters. The smallest absolute Gasteiger partial charge is 0.303 e. The van der Waals surface area contributed by atoms with Crippen LogP contribution in [0.4, 0.5) is 0 Å². The van der Waals surface area contributed by atoms with Gasteiger partial charge in [0.15, 0.2) is 0 Å². The van der Waals surface area contributed by atoms with Gasteiger partial charge in [0, 0.05) is 6.42 Å². The van der Waals surface area contributed by atoms with Gasteiger partial charge in [-0.05, 0) is 47.4 Å². The molecule has 0 aliphatic carbocycles. The number of aliphatic hydroxyl groups is 1. The quantitative estimate of drug-likeness (QED) is 0.849. The van der Waals surface area contributed by atoms with Gasteiger partial charge in [-0.3, -0.25) is 4.79 Å². The Kier molecular flexibility index (Phi) is 4.58. The molecule has 4 nitrogen and oxygen atoms in total. The number of carboxylic acid groups (broad SMARTS) is 1. The van der Waals surface area contributed by atoms with E-state index in [1.54, 1.807) is 7.11 Å². The Hall–Kier alpha value is -2.07. The second kappa shape index (κ2) is 6.39. The van der Waals surface area contributed by atoms with Crippen molar-refractivity contribution in [3.63, 3.8) is 0 Å². The van der Waals surface area contributed by atoms with Gasteiger partial charge in [-0.2, -0.15) is 0 Å². The minimum absolute atomic E-state index is 0.0852. The first-order chi connectivity index (χ1) is 9.60. The van der Waals surface area contributed by atoms with Crippen LogP contribution in [0.25, 0.3) is 10.8 Å². The van der Waals surface area contributed by atoms with Crippen LogP contribution in [-0.2, 0) is 4.79 Å². The van der Waals surface area contributed by atoms with E-state index in [9.17, 15) is 9.90 Å². The predicted molar refractivity (Wildman–Crippen MR) is 76.9 cm³/mol. The largest absolute Gasteiger partial charge is 0.497 e. The molecule has 0 saturated heterocycles.